The molecule has 476 valence electrons. The summed E-state index contributed by atoms with van der Waals surface area (Å²) < 4.78 is 97.6. The number of benzene rings is 6. The number of esters is 2. The molecule has 3 N–H and O–H groups in total. The lowest BCUT2D eigenvalue weighted by atomic mass is 9.83. The van der Waals surface area contributed by atoms with Gasteiger partial charge in [-0.1, -0.05) is 53.4 Å². The molecule has 19 nitrogen and oxygen atoms in total. The highest BCUT2D eigenvalue weighted by Crippen LogP contribution is 2.39. The Morgan fingerprint density at radius 3 is 1.51 bits per heavy atom. The number of aromatic amines is 2. The number of nitro groups is 2. The molecule has 3 heterocycles. The SMILES string of the molecule is CCOCC.COC(=O)C(C)(C)c1ccc2[nH]c(-c3cc(C)cc(C)c3)c([C@H](C)CNS(=O)(=O)c3ccc([N+](=O)[O-])cc3)c2c1.COC(=O)C(C)(C)c1ccc2[nH]c(-c3cc(C)cc(C)c3)cc2c1.C[C@H]1CN1S(=O)(=O)c1ccc([N+](=O)[O-])cc1.FB(F)F. The first-order valence-corrected chi connectivity index (χ1v) is 31.2. The summed E-state index contributed by atoms with van der Waals surface area (Å²) in [5, 5.41) is 23.3. The molecule has 0 amide bonds. The second-order valence-corrected chi connectivity index (χ2v) is 26.0. The Bertz CT molecular complexity index is 4000. The molecule has 0 aliphatic carbocycles. The number of aryl methyl sites for hydroxylation is 4. The highest BCUT2D eigenvalue weighted by Gasteiger charge is 2.41. The van der Waals surface area contributed by atoms with Gasteiger partial charge in [-0.15, -0.1) is 0 Å². The van der Waals surface area contributed by atoms with Crippen molar-refractivity contribution in [3.05, 3.63) is 187 Å². The number of non-ortho nitro benzene ring substituents is 2. The fraction of sp³-hybridized carbons (Fsp3) is 0.344. The zero-order valence-electron chi connectivity index (χ0n) is 52.3. The summed E-state index contributed by atoms with van der Waals surface area (Å²) in [6, 6.07) is 36.5. The van der Waals surface area contributed by atoms with Crippen LogP contribution in [0.3, 0.4) is 0 Å². The van der Waals surface area contributed by atoms with Gasteiger partial charge in [0.25, 0.3) is 11.4 Å². The maximum absolute atomic E-state index is 13.0. The van der Waals surface area contributed by atoms with E-state index in [0.717, 1.165) is 79.8 Å². The van der Waals surface area contributed by atoms with E-state index in [0.29, 0.717) is 6.54 Å². The van der Waals surface area contributed by atoms with E-state index in [1.165, 1.54) is 83.7 Å². The third-order valence-electron chi connectivity index (χ3n) is 14.6. The number of halogens is 3. The van der Waals surface area contributed by atoms with E-state index in [1.807, 2.05) is 85.7 Å². The number of nitro benzene ring substituents is 2. The predicted octanol–water partition coefficient (Wildman–Crippen LogP) is 13.7. The summed E-state index contributed by atoms with van der Waals surface area (Å²) in [6.45, 7) is 25.6. The summed E-state index contributed by atoms with van der Waals surface area (Å²) >= 11 is 0. The Kier molecular flexibility index (Phi) is 24.4. The van der Waals surface area contributed by atoms with Crippen molar-refractivity contribution in [3.8, 4) is 22.5 Å². The molecule has 1 fully saturated rings. The number of H-pyrrole nitrogens is 2. The second-order valence-electron chi connectivity index (χ2n) is 22.4. The number of methoxy groups -OCH3 is 2. The van der Waals surface area contributed by atoms with Crippen LogP contribution >= 0.6 is 0 Å². The van der Waals surface area contributed by atoms with Gasteiger partial charge in [0, 0.05) is 84.1 Å². The fourth-order valence-corrected chi connectivity index (χ4v) is 12.6. The van der Waals surface area contributed by atoms with Crippen LogP contribution in [-0.4, -0.2) is 107 Å². The lowest BCUT2D eigenvalue weighted by Gasteiger charge is -2.22. The highest BCUT2D eigenvalue weighted by molar-refractivity contribution is 7.89. The van der Waals surface area contributed by atoms with Gasteiger partial charge in [0.2, 0.25) is 20.0 Å². The molecule has 0 spiro atoms. The number of rotatable bonds is 17. The Labute approximate surface area is 518 Å². The summed E-state index contributed by atoms with van der Waals surface area (Å²) in [5.74, 6) is -0.872. The first-order valence-electron chi connectivity index (χ1n) is 28.3. The standard InChI is InChI=1S/C30H33N3O6S.C21H23NO2.C9H10N2O4S.C4H10O.BF3/c1-18-13-19(2)15-21(14-18)28-27(25-16-22(7-12-26(25)32-28)30(4,5)29(34)39-6)20(3)17-31-40(37,38)24-10-8-23(9-11-24)33(35)36;1-13-8-14(2)10-15(9-13)19-12-16-11-17(6-7-18(16)22-19)21(3,4)20(23)24-5;1-7-6-10(7)16(14,15)9-4-2-8(3-5-9)11(12)13;1-3-5-4-2;2-1(3)4/h7-16,20,31-32H,17H2,1-6H3;6-12,22H,1-5H3;2-5,7H,6H2,1H3;3-4H2,1-2H3;/t20-;;7-,10?;;/m1.0../s1. The lowest BCUT2D eigenvalue weighted by Crippen LogP contribution is -2.30. The molecular formula is C64H76BF3N6O13S2. The summed E-state index contributed by atoms with van der Waals surface area (Å²) in [6.07, 6.45) is 0. The van der Waals surface area contributed by atoms with Gasteiger partial charge in [-0.05, 0) is 189 Å². The van der Waals surface area contributed by atoms with Crippen molar-refractivity contribution >= 4 is 72.7 Å². The maximum Gasteiger partial charge on any atom is 0.762 e. The average molecular weight is 1270 g/mol. The van der Waals surface area contributed by atoms with Crippen molar-refractivity contribution in [1.29, 1.82) is 0 Å². The molecule has 25 heteroatoms. The number of nitrogens with zero attached hydrogens (tertiary/aromatic N) is 3. The largest absolute Gasteiger partial charge is 0.762 e. The number of aromatic nitrogens is 2. The molecule has 9 rings (SSSR count). The molecule has 8 aromatic rings. The van der Waals surface area contributed by atoms with E-state index in [1.54, 1.807) is 13.8 Å². The van der Waals surface area contributed by atoms with Crippen LogP contribution in [-0.2, 0) is 54.7 Å². The van der Waals surface area contributed by atoms with Gasteiger partial charge in [-0.3, -0.25) is 42.8 Å². The molecule has 1 unspecified atom stereocenters. The smallest absolute Gasteiger partial charge is 0.468 e. The number of hydrogen-bond donors (Lipinski definition) is 3. The van der Waals surface area contributed by atoms with Crippen LogP contribution in [0.15, 0.2) is 137 Å². The van der Waals surface area contributed by atoms with Crippen LogP contribution < -0.4 is 4.72 Å². The van der Waals surface area contributed by atoms with Crippen LogP contribution in [0.2, 0.25) is 0 Å². The van der Waals surface area contributed by atoms with Gasteiger partial charge in [0.05, 0.1) is 50.4 Å². The third-order valence-corrected chi connectivity index (χ3v) is 18.1. The predicted molar refractivity (Wildman–Crippen MR) is 341 cm³/mol. The van der Waals surface area contributed by atoms with Gasteiger partial charge < -0.3 is 24.2 Å². The van der Waals surface area contributed by atoms with Gasteiger partial charge in [0.1, 0.15) is 0 Å². The lowest BCUT2D eigenvalue weighted by molar-refractivity contribution is -0.385. The molecule has 89 heavy (non-hydrogen) atoms. The topological polar surface area (TPSA) is 263 Å². The van der Waals surface area contributed by atoms with E-state index >= 15 is 0 Å². The van der Waals surface area contributed by atoms with Crippen molar-refractivity contribution in [3.63, 3.8) is 0 Å². The molecule has 6 aromatic carbocycles. The molecular weight excluding hydrogens is 1190 g/mol. The minimum Gasteiger partial charge on any atom is -0.468 e. The third kappa shape index (κ3) is 18.4. The molecule has 1 saturated heterocycles. The van der Waals surface area contributed by atoms with E-state index in [-0.39, 0.29) is 51.6 Å². The number of ether oxygens (including phenoxy) is 3. The van der Waals surface area contributed by atoms with Crippen LogP contribution in [0.25, 0.3) is 44.3 Å². The molecule has 1 aliphatic heterocycles. The number of hydrogen-bond acceptors (Lipinski definition) is 13. The average Bonchev–Trinajstić information content (AvgIpc) is 1.74. The quantitative estimate of drug-likeness (QED) is 0.0252. The second kappa shape index (κ2) is 30.3. The Morgan fingerprint density at radius 2 is 1.09 bits per heavy atom. The molecule has 0 saturated carbocycles. The van der Waals surface area contributed by atoms with Crippen LogP contribution in [0, 0.1) is 47.9 Å². The Hall–Kier alpha value is -8.23. The van der Waals surface area contributed by atoms with Crippen molar-refractivity contribution in [2.75, 3.05) is 40.5 Å². The zero-order chi connectivity index (χ0) is 66.5. The molecule has 3 atom stereocenters. The van der Waals surface area contributed by atoms with E-state index in [9.17, 15) is 59.6 Å². The molecule has 0 radical (unpaired) electrons. The van der Waals surface area contributed by atoms with E-state index in [4.69, 9.17) is 14.2 Å². The highest BCUT2D eigenvalue weighted by atomic mass is 32.2. The van der Waals surface area contributed by atoms with Gasteiger partial charge in [-0.25, -0.2) is 21.6 Å². The number of sulfonamides is 2. The molecule has 2 aromatic heterocycles. The zero-order valence-corrected chi connectivity index (χ0v) is 53.9. The summed E-state index contributed by atoms with van der Waals surface area (Å²) in [7, 11) is -8.25. The van der Waals surface area contributed by atoms with E-state index in [2.05, 4.69) is 77.1 Å². The number of carbonyl (C=O) groups is 2. The fourth-order valence-electron chi connectivity index (χ4n) is 9.81. The minimum atomic E-state index is -3.92. The maximum atomic E-state index is 13.0. The van der Waals surface area contributed by atoms with Crippen molar-refractivity contribution in [2.24, 2.45) is 0 Å². The molecule has 1 aliphatic rings. The first-order chi connectivity index (χ1) is 41.6. The van der Waals surface area contributed by atoms with E-state index < -0.39 is 48.3 Å². The number of nitrogens with one attached hydrogen (secondary N) is 3. The molecule has 0 bridgehead atoms. The Morgan fingerprint density at radius 1 is 0.663 bits per heavy atom. The van der Waals surface area contributed by atoms with Crippen molar-refractivity contribution in [1.82, 2.24) is 19.0 Å². The van der Waals surface area contributed by atoms with Crippen molar-refractivity contribution in [2.45, 2.75) is 116 Å². The monoisotopic (exact) mass is 1270 g/mol. The van der Waals surface area contributed by atoms with Gasteiger partial charge >= 0.3 is 19.5 Å². The summed E-state index contributed by atoms with van der Waals surface area (Å²) in [5.41, 5.74) is 11.5. The number of carbonyl (C=O) groups excluding carboxylic acids is 2. The normalized spacial score (nSPS) is 14.0. The van der Waals surface area contributed by atoms with Gasteiger partial charge in [-0.2, -0.15) is 4.31 Å². The minimum absolute atomic E-state index is 0.0280. The summed E-state index contributed by atoms with van der Waals surface area (Å²) in [4.78, 5) is 51.9. The van der Waals surface area contributed by atoms with Crippen molar-refractivity contribution < 1.29 is 63.4 Å². The number of fused-ring (bicyclic) bond motifs is 2. The Balaban J connectivity index is 0.000000247. The van der Waals surface area contributed by atoms with Crippen LogP contribution in [0.1, 0.15) is 100 Å². The van der Waals surface area contributed by atoms with Crippen LogP contribution in [0.4, 0.5) is 24.3 Å². The first kappa shape index (κ1) is 71.5. The van der Waals surface area contributed by atoms with Gasteiger partial charge in [0.15, 0.2) is 0 Å². The van der Waals surface area contributed by atoms with Crippen LogP contribution in [0.5, 0.6) is 0 Å².